The van der Waals surface area contributed by atoms with Crippen molar-refractivity contribution in [2.45, 2.75) is 17.3 Å². The number of hydrogen-bond acceptors (Lipinski definition) is 0. The molecule has 1 rings (SSSR count). The second-order valence-corrected chi connectivity index (χ2v) is 5.09. The van der Waals surface area contributed by atoms with Crippen molar-refractivity contribution in [3.8, 4) is 11.8 Å². The van der Waals surface area contributed by atoms with E-state index in [4.69, 9.17) is 0 Å². The van der Waals surface area contributed by atoms with Crippen LogP contribution < -0.4 is 0 Å². The van der Waals surface area contributed by atoms with Crippen molar-refractivity contribution in [2.24, 2.45) is 0 Å². The number of aryl methyl sites for hydroxylation is 1. The normalized spacial score (nSPS) is 10.7. The molecule has 0 aliphatic heterocycles. The Morgan fingerprint density at radius 3 is 2.67 bits per heavy atom. The van der Waals surface area contributed by atoms with Gasteiger partial charge in [-0.15, -0.1) is 0 Å². The summed E-state index contributed by atoms with van der Waals surface area (Å²) < 4.78 is 35.4. The average molecular weight is 277 g/mol. The van der Waals surface area contributed by atoms with Gasteiger partial charge in [0.25, 0.3) is 0 Å². The molecule has 0 heterocycles. The number of alkyl halides is 3. The summed E-state index contributed by atoms with van der Waals surface area (Å²) in [6.07, 6.45) is 0. The Morgan fingerprint density at radius 2 is 2.07 bits per heavy atom. The van der Waals surface area contributed by atoms with Crippen LogP contribution in [0.3, 0.4) is 0 Å². The van der Waals surface area contributed by atoms with Crippen LogP contribution in [0.1, 0.15) is 11.1 Å². The van der Waals surface area contributed by atoms with E-state index in [1.807, 2.05) is 25.1 Å². The van der Waals surface area contributed by atoms with Gasteiger partial charge in [-0.2, -0.15) is 0 Å². The van der Waals surface area contributed by atoms with Crippen molar-refractivity contribution in [1.29, 1.82) is 0 Å². The standard InChI is InChI=1S/C11H9F3Se/c1-9-4-2-5-10(8-9)6-3-7-15-11(12,13)14/h2,4-5,8H,7H2,1H3. The van der Waals surface area contributed by atoms with E-state index < -0.39 is 20.0 Å². The topological polar surface area (TPSA) is 0 Å². The van der Waals surface area contributed by atoms with Crippen LogP contribution >= 0.6 is 0 Å². The molecule has 0 spiro atoms. The first-order chi connectivity index (χ1) is 6.97. The molecule has 80 valence electrons. The predicted octanol–water partition coefficient (Wildman–Crippen LogP) is 2.99. The molecule has 0 saturated carbocycles. The van der Waals surface area contributed by atoms with Crippen LogP contribution in [0, 0.1) is 18.8 Å². The molecule has 15 heavy (non-hydrogen) atoms. The quantitative estimate of drug-likeness (QED) is 0.547. The molecule has 0 saturated heterocycles. The maximum absolute atomic E-state index is 11.8. The van der Waals surface area contributed by atoms with Crippen molar-refractivity contribution in [2.75, 3.05) is 0 Å². The van der Waals surface area contributed by atoms with E-state index >= 15 is 0 Å². The molecule has 4 heteroatoms. The van der Waals surface area contributed by atoms with Crippen molar-refractivity contribution in [3.63, 3.8) is 0 Å². The molecule has 0 atom stereocenters. The third kappa shape index (κ3) is 5.51. The van der Waals surface area contributed by atoms with Crippen molar-refractivity contribution >= 4 is 15.0 Å². The molecule has 0 aliphatic carbocycles. The molecule has 0 aromatic heterocycles. The van der Waals surface area contributed by atoms with Crippen LogP contribution in [-0.4, -0.2) is 20.0 Å². The van der Waals surface area contributed by atoms with Gasteiger partial charge in [0, 0.05) is 0 Å². The fourth-order valence-electron chi connectivity index (χ4n) is 0.979. The Bertz CT molecular complexity index is 385. The van der Waals surface area contributed by atoms with E-state index in [1.165, 1.54) is 0 Å². The van der Waals surface area contributed by atoms with Crippen LogP contribution in [-0.2, 0) is 0 Å². The van der Waals surface area contributed by atoms with Crippen LogP contribution in [0.15, 0.2) is 24.3 Å². The van der Waals surface area contributed by atoms with Gasteiger partial charge in [-0.25, -0.2) is 0 Å². The van der Waals surface area contributed by atoms with Gasteiger partial charge >= 0.3 is 92.7 Å². The van der Waals surface area contributed by atoms with Crippen LogP contribution in [0.25, 0.3) is 0 Å². The van der Waals surface area contributed by atoms with E-state index in [-0.39, 0.29) is 5.32 Å². The molecular weight excluding hydrogens is 268 g/mol. The molecule has 0 bridgehead atoms. The average Bonchev–Trinajstić information content (AvgIpc) is 2.11. The molecule has 0 aliphatic rings. The number of halogens is 3. The summed E-state index contributed by atoms with van der Waals surface area (Å²) in [5.41, 5.74) is 1.83. The van der Waals surface area contributed by atoms with Gasteiger partial charge in [0.2, 0.25) is 0 Å². The third-order valence-electron chi connectivity index (χ3n) is 1.56. The molecule has 0 fully saturated rings. The summed E-state index contributed by atoms with van der Waals surface area (Å²) in [6, 6.07) is 7.41. The zero-order valence-corrected chi connectivity index (χ0v) is 9.77. The Balaban J connectivity index is 2.52. The molecule has 0 nitrogen and oxygen atoms in total. The van der Waals surface area contributed by atoms with Crippen LogP contribution in [0.2, 0.25) is 5.32 Å². The number of benzene rings is 1. The zero-order chi connectivity index (χ0) is 11.3. The van der Waals surface area contributed by atoms with E-state index in [2.05, 4.69) is 11.8 Å². The van der Waals surface area contributed by atoms with Crippen LogP contribution in [0.4, 0.5) is 13.2 Å². The monoisotopic (exact) mass is 278 g/mol. The summed E-state index contributed by atoms with van der Waals surface area (Å²) >= 11 is -1.39. The maximum atomic E-state index is 11.8. The van der Waals surface area contributed by atoms with Gasteiger partial charge in [-0.1, -0.05) is 0 Å². The van der Waals surface area contributed by atoms with Crippen molar-refractivity contribution < 1.29 is 13.2 Å². The fraction of sp³-hybridized carbons (Fsp3) is 0.273. The van der Waals surface area contributed by atoms with E-state index in [1.54, 1.807) is 6.07 Å². The summed E-state index contributed by atoms with van der Waals surface area (Å²) in [7, 11) is 0. The van der Waals surface area contributed by atoms with Gasteiger partial charge in [0.05, 0.1) is 0 Å². The van der Waals surface area contributed by atoms with Crippen LogP contribution in [0.5, 0.6) is 0 Å². The number of hydrogen-bond donors (Lipinski definition) is 0. The summed E-state index contributed by atoms with van der Waals surface area (Å²) in [4.78, 5) is 0. The van der Waals surface area contributed by atoms with E-state index in [0.717, 1.165) is 11.1 Å². The second-order valence-electron chi connectivity index (χ2n) is 2.91. The van der Waals surface area contributed by atoms with Gasteiger partial charge in [-0.05, 0) is 0 Å². The van der Waals surface area contributed by atoms with Gasteiger partial charge in [0.15, 0.2) is 0 Å². The SMILES string of the molecule is Cc1cccc(C#CC[Se]C(F)(F)F)c1. The first kappa shape index (κ1) is 12.2. The summed E-state index contributed by atoms with van der Waals surface area (Å²) in [5, 5.41) is -4.13. The summed E-state index contributed by atoms with van der Waals surface area (Å²) in [5.74, 6) is 5.27. The van der Waals surface area contributed by atoms with Gasteiger partial charge in [-0.3, -0.25) is 0 Å². The minimum absolute atomic E-state index is 0.0789. The molecular formula is C11H9F3Se. The Hall–Kier alpha value is -0.911. The summed E-state index contributed by atoms with van der Waals surface area (Å²) in [6.45, 7) is 1.92. The molecule has 0 N–H and O–H groups in total. The van der Waals surface area contributed by atoms with E-state index in [0.29, 0.717) is 0 Å². The molecule has 0 amide bonds. The van der Waals surface area contributed by atoms with E-state index in [9.17, 15) is 13.2 Å². The van der Waals surface area contributed by atoms with Gasteiger partial charge in [0.1, 0.15) is 0 Å². The first-order valence-corrected chi connectivity index (χ1v) is 6.30. The Kier molecular flexibility index (Phi) is 4.26. The Morgan fingerprint density at radius 1 is 1.33 bits per heavy atom. The second kappa shape index (κ2) is 5.25. The third-order valence-corrected chi connectivity index (χ3v) is 2.85. The fourth-order valence-corrected chi connectivity index (χ4v) is 1.63. The first-order valence-electron chi connectivity index (χ1n) is 4.23. The van der Waals surface area contributed by atoms with Crippen molar-refractivity contribution in [1.82, 2.24) is 0 Å². The predicted molar refractivity (Wildman–Crippen MR) is 54.7 cm³/mol. The molecule has 1 aromatic carbocycles. The minimum atomic E-state index is -4.05. The molecule has 0 radical (unpaired) electrons. The molecule has 0 unspecified atom stereocenters. The number of rotatable bonds is 1. The Labute approximate surface area is 93.0 Å². The molecule has 1 aromatic rings. The zero-order valence-electron chi connectivity index (χ0n) is 8.06. The van der Waals surface area contributed by atoms with Crippen molar-refractivity contribution in [3.05, 3.63) is 35.4 Å². The van der Waals surface area contributed by atoms with Gasteiger partial charge < -0.3 is 0 Å².